The van der Waals surface area contributed by atoms with Gasteiger partial charge in [-0.25, -0.2) is 0 Å². The Balaban J connectivity index is 2.34. The predicted molar refractivity (Wildman–Crippen MR) is 70.2 cm³/mol. The van der Waals surface area contributed by atoms with Crippen molar-refractivity contribution in [3.8, 4) is 0 Å². The lowest BCUT2D eigenvalue weighted by Gasteiger charge is -2.10. The molecule has 17 heavy (non-hydrogen) atoms. The lowest BCUT2D eigenvalue weighted by Crippen LogP contribution is -2.17. The van der Waals surface area contributed by atoms with Gasteiger partial charge in [-0.1, -0.05) is 6.08 Å². The summed E-state index contributed by atoms with van der Waals surface area (Å²) in [7, 11) is 4.12. The van der Waals surface area contributed by atoms with E-state index in [1.807, 2.05) is 0 Å². The summed E-state index contributed by atoms with van der Waals surface area (Å²) in [5.41, 5.74) is 0. The average molecular weight is 236 g/mol. The molecule has 0 saturated heterocycles. The fraction of sp³-hybridized carbons (Fsp3) is 0.545. The topological polar surface area (TPSA) is 66.0 Å². The molecule has 0 atom stereocenters. The fourth-order valence-corrected chi connectivity index (χ4v) is 1.24. The molecular weight excluding hydrogens is 216 g/mol. The lowest BCUT2D eigenvalue weighted by atomic mass is 10.4. The first-order chi connectivity index (χ1) is 8.22. The van der Waals surface area contributed by atoms with Crippen molar-refractivity contribution < 1.29 is 0 Å². The summed E-state index contributed by atoms with van der Waals surface area (Å²) in [6.07, 6.45) is 4.43. The van der Waals surface area contributed by atoms with Gasteiger partial charge >= 0.3 is 0 Å². The molecule has 94 valence electrons. The van der Waals surface area contributed by atoms with Crippen LogP contribution in [-0.2, 0) is 0 Å². The Labute approximate surface area is 102 Å². The van der Waals surface area contributed by atoms with Crippen LogP contribution in [0.15, 0.2) is 18.9 Å². The Morgan fingerprint density at radius 3 is 2.94 bits per heavy atom. The molecule has 0 aromatic carbocycles. The van der Waals surface area contributed by atoms with Crippen molar-refractivity contribution in [1.29, 1.82) is 0 Å². The van der Waals surface area contributed by atoms with Crippen LogP contribution in [0.1, 0.15) is 6.42 Å². The number of hydrogen-bond acceptors (Lipinski definition) is 6. The zero-order valence-corrected chi connectivity index (χ0v) is 10.5. The highest BCUT2D eigenvalue weighted by Gasteiger charge is 1.98. The molecule has 1 aromatic rings. The van der Waals surface area contributed by atoms with Gasteiger partial charge in [-0.3, -0.25) is 0 Å². The normalized spacial score (nSPS) is 10.3. The quantitative estimate of drug-likeness (QED) is 0.515. The number of hydrogen-bond donors (Lipinski definition) is 2. The highest BCUT2D eigenvalue weighted by Crippen LogP contribution is 2.03. The summed E-state index contributed by atoms with van der Waals surface area (Å²) >= 11 is 0. The first-order valence-electron chi connectivity index (χ1n) is 5.65. The van der Waals surface area contributed by atoms with Crippen LogP contribution < -0.4 is 10.6 Å². The summed E-state index contributed by atoms with van der Waals surface area (Å²) in [5, 5.41) is 13.9. The SMILES string of the molecule is C=CCNc1nncc(NCCCN(C)C)n1. The third-order valence-corrected chi connectivity index (χ3v) is 2.05. The van der Waals surface area contributed by atoms with E-state index >= 15 is 0 Å². The second-order valence-corrected chi connectivity index (χ2v) is 3.92. The zero-order valence-electron chi connectivity index (χ0n) is 10.5. The molecule has 6 heteroatoms. The van der Waals surface area contributed by atoms with E-state index in [1.54, 1.807) is 12.3 Å². The molecule has 1 rings (SSSR count). The van der Waals surface area contributed by atoms with Gasteiger partial charge in [-0.2, -0.15) is 10.1 Å². The number of nitrogens with one attached hydrogen (secondary N) is 2. The van der Waals surface area contributed by atoms with Gasteiger partial charge in [-0.15, -0.1) is 11.7 Å². The molecule has 2 N–H and O–H groups in total. The smallest absolute Gasteiger partial charge is 0.244 e. The van der Waals surface area contributed by atoms with Gasteiger partial charge in [0.15, 0.2) is 5.82 Å². The molecule has 0 bridgehead atoms. The van der Waals surface area contributed by atoms with E-state index in [4.69, 9.17) is 0 Å². The van der Waals surface area contributed by atoms with Crippen LogP contribution in [0.25, 0.3) is 0 Å². The molecule has 0 aliphatic carbocycles. The van der Waals surface area contributed by atoms with E-state index in [2.05, 4.69) is 51.4 Å². The molecule has 0 aliphatic heterocycles. The van der Waals surface area contributed by atoms with Gasteiger partial charge < -0.3 is 15.5 Å². The van der Waals surface area contributed by atoms with E-state index in [0.29, 0.717) is 12.5 Å². The van der Waals surface area contributed by atoms with Crippen LogP contribution >= 0.6 is 0 Å². The maximum atomic E-state index is 4.27. The largest absolute Gasteiger partial charge is 0.369 e. The first-order valence-corrected chi connectivity index (χ1v) is 5.65. The Morgan fingerprint density at radius 1 is 1.41 bits per heavy atom. The third-order valence-electron chi connectivity index (χ3n) is 2.05. The second kappa shape index (κ2) is 7.56. The number of nitrogens with zero attached hydrogens (tertiary/aromatic N) is 4. The Kier molecular flexibility index (Phi) is 5.95. The standard InChI is InChI=1S/C11H20N6/c1-4-6-13-11-15-10(9-14-16-11)12-7-5-8-17(2)3/h4,9H,1,5-8H2,2-3H3,(H2,12,13,15,16). The second-order valence-electron chi connectivity index (χ2n) is 3.92. The number of anilines is 2. The summed E-state index contributed by atoms with van der Waals surface area (Å²) < 4.78 is 0. The van der Waals surface area contributed by atoms with E-state index in [-0.39, 0.29) is 0 Å². The molecule has 0 aliphatic rings. The molecule has 0 saturated carbocycles. The van der Waals surface area contributed by atoms with Crippen LogP contribution in [0.5, 0.6) is 0 Å². The Bertz CT molecular complexity index is 338. The summed E-state index contributed by atoms with van der Waals surface area (Å²) in [5.74, 6) is 1.26. The van der Waals surface area contributed by atoms with Crippen LogP contribution in [0, 0.1) is 0 Å². The average Bonchev–Trinajstić information content (AvgIpc) is 2.32. The van der Waals surface area contributed by atoms with Crippen LogP contribution in [0.3, 0.4) is 0 Å². The van der Waals surface area contributed by atoms with Crippen molar-refractivity contribution >= 4 is 11.8 Å². The van der Waals surface area contributed by atoms with Gasteiger partial charge in [0.25, 0.3) is 0 Å². The first kappa shape index (κ1) is 13.4. The molecular formula is C11H20N6. The maximum absolute atomic E-state index is 4.27. The monoisotopic (exact) mass is 236 g/mol. The molecule has 0 radical (unpaired) electrons. The van der Waals surface area contributed by atoms with Crippen molar-refractivity contribution in [2.24, 2.45) is 0 Å². The minimum atomic E-state index is 0.516. The lowest BCUT2D eigenvalue weighted by molar-refractivity contribution is 0.405. The minimum absolute atomic E-state index is 0.516. The molecule has 1 aromatic heterocycles. The maximum Gasteiger partial charge on any atom is 0.244 e. The molecule has 1 heterocycles. The van der Waals surface area contributed by atoms with Crippen molar-refractivity contribution in [3.05, 3.63) is 18.9 Å². The Hall–Kier alpha value is -1.69. The highest BCUT2D eigenvalue weighted by molar-refractivity contribution is 5.36. The van der Waals surface area contributed by atoms with Gasteiger partial charge in [-0.05, 0) is 27.1 Å². The van der Waals surface area contributed by atoms with Crippen LogP contribution in [0.4, 0.5) is 11.8 Å². The van der Waals surface area contributed by atoms with Crippen LogP contribution in [0.2, 0.25) is 0 Å². The summed E-state index contributed by atoms with van der Waals surface area (Å²) in [6.45, 7) is 6.17. The van der Waals surface area contributed by atoms with E-state index in [0.717, 1.165) is 25.3 Å². The molecule has 0 spiro atoms. The van der Waals surface area contributed by atoms with Crippen molar-refractivity contribution in [1.82, 2.24) is 20.1 Å². The summed E-state index contributed by atoms with van der Waals surface area (Å²) in [6, 6.07) is 0. The predicted octanol–water partition coefficient (Wildman–Crippen LogP) is 0.833. The minimum Gasteiger partial charge on any atom is -0.369 e. The number of rotatable bonds is 8. The van der Waals surface area contributed by atoms with Crippen LogP contribution in [-0.4, -0.2) is 53.8 Å². The molecule has 0 amide bonds. The van der Waals surface area contributed by atoms with E-state index in [9.17, 15) is 0 Å². The van der Waals surface area contributed by atoms with E-state index < -0.39 is 0 Å². The third kappa shape index (κ3) is 5.82. The van der Waals surface area contributed by atoms with Crippen molar-refractivity contribution in [3.63, 3.8) is 0 Å². The van der Waals surface area contributed by atoms with Crippen molar-refractivity contribution in [2.45, 2.75) is 6.42 Å². The molecule has 0 unspecified atom stereocenters. The van der Waals surface area contributed by atoms with E-state index in [1.165, 1.54) is 0 Å². The fourth-order valence-electron chi connectivity index (χ4n) is 1.24. The highest BCUT2D eigenvalue weighted by atomic mass is 15.3. The Morgan fingerprint density at radius 2 is 2.24 bits per heavy atom. The van der Waals surface area contributed by atoms with Crippen molar-refractivity contribution in [2.75, 3.05) is 44.4 Å². The molecule has 6 nitrogen and oxygen atoms in total. The zero-order chi connectivity index (χ0) is 12.5. The summed E-state index contributed by atoms with van der Waals surface area (Å²) in [4.78, 5) is 6.42. The van der Waals surface area contributed by atoms with Gasteiger partial charge in [0.05, 0.1) is 6.20 Å². The number of aromatic nitrogens is 3. The molecule has 0 fully saturated rings. The van der Waals surface area contributed by atoms with Gasteiger partial charge in [0, 0.05) is 13.1 Å². The van der Waals surface area contributed by atoms with Gasteiger partial charge in [0.2, 0.25) is 5.95 Å². The van der Waals surface area contributed by atoms with Gasteiger partial charge in [0.1, 0.15) is 0 Å².